The zero-order chi connectivity index (χ0) is 14.1. The summed E-state index contributed by atoms with van der Waals surface area (Å²) in [5.74, 6) is 0.152. The van der Waals surface area contributed by atoms with Crippen LogP contribution in [0.3, 0.4) is 0 Å². The van der Waals surface area contributed by atoms with Crippen molar-refractivity contribution in [3.63, 3.8) is 0 Å². The fraction of sp³-hybridized carbons (Fsp3) is 0.917. The molecule has 5 nitrogen and oxygen atoms in total. The van der Waals surface area contributed by atoms with E-state index >= 15 is 0 Å². The minimum Gasteiger partial charge on any atom is -0.444 e. The first kappa shape index (κ1) is 15.3. The molecule has 1 amide bonds. The van der Waals surface area contributed by atoms with Gasteiger partial charge in [0.25, 0.3) is 0 Å². The Morgan fingerprint density at radius 2 is 1.94 bits per heavy atom. The molecule has 0 N–H and O–H groups in total. The van der Waals surface area contributed by atoms with Gasteiger partial charge in [0, 0.05) is 18.8 Å². The molecule has 1 heterocycles. The summed E-state index contributed by atoms with van der Waals surface area (Å²) in [5.41, 5.74) is -0.522. The van der Waals surface area contributed by atoms with Gasteiger partial charge in [-0.2, -0.15) is 0 Å². The summed E-state index contributed by atoms with van der Waals surface area (Å²) < 4.78 is 27.8. The smallest absolute Gasteiger partial charge is 0.410 e. The predicted octanol–water partition coefficient (Wildman–Crippen LogP) is 1.68. The summed E-state index contributed by atoms with van der Waals surface area (Å²) in [5, 5.41) is 0. The Balaban J connectivity index is 2.62. The Morgan fingerprint density at radius 1 is 1.39 bits per heavy atom. The number of nitrogens with zero attached hydrogens (tertiary/aromatic N) is 1. The molecule has 0 aromatic heterocycles. The second-order valence-corrected chi connectivity index (χ2v) is 8.36. The Morgan fingerprint density at radius 3 is 2.39 bits per heavy atom. The van der Waals surface area contributed by atoms with Crippen LogP contribution in [0.1, 0.15) is 34.1 Å². The lowest BCUT2D eigenvalue weighted by molar-refractivity contribution is 0.0234. The third kappa shape index (κ3) is 4.84. The van der Waals surface area contributed by atoms with Crippen molar-refractivity contribution in [2.75, 3.05) is 18.6 Å². The minimum absolute atomic E-state index is 0.0162. The van der Waals surface area contributed by atoms with Crippen LogP contribution in [0.5, 0.6) is 0 Å². The third-order valence-corrected chi connectivity index (χ3v) is 3.90. The average Bonchev–Trinajstić information content (AvgIpc) is 2.39. The zero-order valence-electron chi connectivity index (χ0n) is 11.8. The summed E-state index contributed by atoms with van der Waals surface area (Å²) >= 11 is 0. The molecule has 0 spiro atoms. The van der Waals surface area contributed by atoms with Crippen molar-refractivity contribution in [3.05, 3.63) is 0 Å². The zero-order valence-corrected chi connectivity index (χ0v) is 12.6. The van der Waals surface area contributed by atoms with Gasteiger partial charge < -0.3 is 9.64 Å². The normalized spacial score (nSPS) is 25.3. The molecule has 0 bridgehead atoms. The number of amides is 1. The summed E-state index contributed by atoms with van der Waals surface area (Å²) in [6, 6.07) is 0.0339. The fourth-order valence-electron chi connectivity index (χ4n) is 2.27. The van der Waals surface area contributed by atoms with Crippen molar-refractivity contribution >= 4 is 15.9 Å². The number of carbonyl (C=O) groups excluding carboxylic acids is 1. The maximum absolute atomic E-state index is 11.9. The van der Waals surface area contributed by atoms with Crippen molar-refractivity contribution in [2.45, 2.75) is 45.8 Å². The van der Waals surface area contributed by atoms with Crippen LogP contribution in [0, 0.1) is 5.92 Å². The Hall–Kier alpha value is -0.780. The van der Waals surface area contributed by atoms with Crippen molar-refractivity contribution in [2.24, 2.45) is 5.92 Å². The van der Waals surface area contributed by atoms with Crippen molar-refractivity contribution in [1.29, 1.82) is 0 Å². The SMILES string of the molecule is C[C@@H]1C[C@H](CS(C)(=O)=O)CN1C(=O)OC(C)(C)C. The fourth-order valence-corrected chi connectivity index (χ4v) is 3.36. The van der Waals surface area contributed by atoms with Crippen LogP contribution < -0.4 is 0 Å². The van der Waals surface area contributed by atoms with Gasteiger partial charge in [0.15, 0.2) is 0 Å². The molecular weight excluding hydrogens is 254 g/mol. The van der Waals surface area contributed by atoms with E-state index < -0.39 is 15.4 Å². The Labute approximate surface area is 109 Å². The second kappa shape index (κ2) is 5.07. The van der Waals surface area contributed by atoms with E-state index in [0.717, 1.165) is 0 Å². The molecule has 106 valence electrons. The van der Waals surface area contributed by atoms with Gasteiger partial charge >= 0.3 is 6.09 Å². The molecule has 1 rings (SSSR count). The first-order valence-electron chi connectivity index (χ1n) is 6.15. The first-order chi connectivity index (χ1) is 7.98. The molecule has 2 atom stereocenters. The Bertz CT molecular complexity index is 410. The maximum atomic E-state index is 11.9. The molecule has 1 saturated heterocycles. The van der Waals surface area contributed by atoms with Crippen LogP contribution in [0.4, 0.5) is 4.79 Å². The third-order valence-electron chi connectivity index (χ3n) is 2.83. The van der Waals surface area contributed by atoms with Gasteiger partial charge in [-0.1, -0.05) is 0 Å². The molecule has 1 fully saturated rings. The van der Waals surface area contributed by atoms with Crippen LogP contribution in [0.2, 0.25) is 0 Å². The minimum atomic E-state index is -2.99. The first-order valence-corrected chi connectivity index (χ1v) is 8.21. The van der Waals surface area contributed by atoms with Crippen molar-refractivity contribution in [3.8, 4) is 0 Å². The van der Waals surface area contributed by atoms with Gasteiger partial charge in [0.05, 0.1) is 5.75 Å². The van der Waals surface area contributed by atoms with E-state index in [1.165, 1.54) is 6.26 Å². The molecule has 0 aromatic rings. The molecule has 18 heavy (non-hydrogen) atoms. The lowest BCUT2D eigenvalue weighted by atomic mass is 10.1. The highest BCUT2D eigenvalue weighted by atomic mass is 32.2. The van der Waals surface area contributed by atoms with Gasteiger partial charge in [0.2, 0.25) is 0 Å². The van der Waals surface area contributed by atoms with E-state index in [4.69, 9.17) is 4.74 Å². The van der Waals surface area contributed by atoms with Crippen LogP contribution in [-0.2, 0) is 14.6 Å². The van der Waals surface area contributed by atoms with Crippen LogP contribution in [0.15, 0.2) is 0 Å². The highest BCUT2D eigenvalue weighted by Gasteiger charge is 2.36. The Kier molecular flexibility index (Phi) is 4.30. The molecular formula is C12H23NO4S. The second-order valence-electron chi connectivity index (χ2n) is 6.18. The molecule has 1 aliphatic rings. The van der Waals surface area contributed by atoms with E-state index in [-0.39, 0.29) is 23.8 Å². The van der Waals surface area contributed by atoms with Crippen LogP contribution in [0.25, 0.3) is 0 Å². The molecule has 6 heteroatoms. The highest BCUT2D eigenvalue weighted by Crippen LogP contribution is 2.26. The summed E-state index contributed by atoms with van der Waals surface area (Å²) in [6.45, 7) is 7.84. The number of hydrogen-bond acceptors (Lipinski definition) is 4. The molecule has 0 aliphatic carbocycles. The van der Waals surface area contributed by atoms with E-state index in [9.17, 15) is 13.2 Å². The lowest BCUT2D eigenvalue weighted by Crippen LogP contribution is -2.39. The topological polar surface area (TPSA) is 63.7 Å². The van der Waals surface area contributed by atoms with Crippen LogP contribution >= 0.6 is 0 Å². The molecule has 0 unspecified atom stereocenters. The van der Waals surface area contributed by atoms with Gasteiger partial charge in [-0.3, -0.25) is 0 Å². The van der Waals surface area contributed by atoms with Gasteiger partial charge in [-0.15, -0.1) is 0 Å². The monoisotopic (exact) mass is 277 g/mol. The average molecular weight is 277 g/mol. The number of likely N-dealkylation sites (tertiary alicyclic amines) is 1. The number of carbonyl (C=O) groups is 1. The van der Waals surface area contributed by atoms with Gasteiger partial charge in [-0.25, -0.2) is 13.2 Å². The van der Waals surface area contributed by atoms with Gasteiger partial charge in [-0.05, 0) is 40.0 Å². The lowest BCUT2D eigenvalue weighted by Gasteiger charge is -2.27. The summed E-state index contributed by atoms with van der Waals surface area (Å²) in [4.78, 5) is 13.6. The van der Waals surface area contributed by atoms with Crippen LogP contribution in [-0.4, -0.2) is 49.6 Å². The van der Waals surface area contributed by atoms with Crippen molar-refractivity contribution < 1.29 is 17.9 Å². The maximum Gasteiger partial charge on any atom is 0.410 e. The van der Waals surface area contributed by atoms with E-state index in [1.807, 2.05) is 27.7 Å². The number of hydrogen-bond donors (Lipinski definition) is 0. The van der Waals surface area contributed by atoms with E-state index in [1.54, 1.807) is 4.90 Å². The quantitative estimate of drug-likeness (QED) is 0.770. The number of ether oxygens (including phenoxy) is 1. The molecule has 0 radical (unpaired) electrons. The van der Waals surface area contributed by atoms with E-state index in [0.29, 0.717) is 13.0 Å². The van der Waals surface area contributed by atoms with Crippen molar-refractivity contribution in [1.82, 2.24) is 4.90 Å². The summed E-state index contributed by atoms with van der Waals surface area (Å²) in [7, 11) is -2.99. The standard InChI is InChI=1S/C12H23NO4S/c1-9-6-10(8-18(5,15)16)7-13(9)11(14)17-12(2,3)4/h9-10H,6-8H2,1-5H3/t9-,10+/m1/s1. The largest absolute Gasteiger partial charge is 0.444 e. The molecule has 1 aliphatic heterocycles. The highest BCUT2D eigenvalue weighted by molar-refractivity contribution is 7.90. The molecule has 0 saturated carbocycles. The summed E-state index contributed by atoms with van der Waals surface area (Å²) in [6.07, 6.45) is 1.59. The number of rotatable bonds is 2. The number of sulfone groups is 1. The molecule has 0 aromatic carbocycles. The predicted molar refractivity (Wildman–Crippen MR) is 70.2 cm³/mol. The van der Waals surface area contributed by atoms with E-state index in [2.05, 4.69) is 0 Å². The van der Waals surface area contributed by atoms with Gasteiger partial charge in [0.1, 0.15) is 15.4 Å².